The van der Waals surface area contributed by atoms with E-state index in [-0.39, 0.29) is 18.5 Å². The average Bonchev–Trinajstić information content (AvgIpc) is 2.77. The van der Waals surface area contributed by atoms with Crippen LogP contribution in [0.25, 0.3) is 0 Å². The molecule has 7 nitrogen and oxygen atoms in total. The quantitative estimate of drug-likeness (QED) is 0.520. The van der Waals surface area contributed by atoms with Gasteiger partial charge in [-0.15, -0.1) is 0 Å². The van der Waals surface area contributed by atoms with Crippen molar-refractivity contribution >= 4 is 27.5 Å². The molecule has 0 aliphatic carbocycles. The number of rotatable bonds is 11. The van der Waals surface area contributed by atoms with Gasteiger partial charge in [0.15, 0.2) is 0 Å². The van der Waals surface area contributed by atoms with Crippen LogP contribution in [-0.2, 0) is 26.2 Å². The molecule has 2 atom stereocenters. The summed E-state index contributed by atoms with van der Waals surface area (Å²) in [6.45, 7) is 7.02. The Kier molecular flexibility index (Phi) is 9.61. The van der Waals surface area contributed by atoms with Gasteiger partial charge in [-0.05, 0) is 62.1 Å². The first-order chi connectivity index (χ1) is 16.0. The molecular weight excluding hydrogens is 457 g/mol. The van der Waals surface area contributed by atoms with E-state index in [4.69, 9.17) is 0 Å². The Labute approximate surface area is 202 Å². The highest BCUT2D eigenvalue weighted by Gasteiger charge is 2.32. The molecular formula is C25H34FN3O4S. The van der Waals surface area contributed by atoms with Crippen molar-refractivity contribution in [3.63, 3.8) is 0 Å². The highest BCUT2D eigenvalue weighted by molar-refractivity contribution is 7.92. The van der Waals surface area contributed by atoms with Crippen molar-refractivity contribution in [1.29, 1.82) is 0 Å². The smallest absolute Gasteiger partial charge is 0.244 e. The second kappa shape index (κ2) is 12.0. The fourth-order valence-corrected chi connectivity index (χ4v) is 4.39. The zero-order valence-electron chi connectivity index (χ0n) is 20.4. The van der Waals surface area contributed by atoms with Crippen molar-refractivity contribution in [2.75, 3.05) is 17.1 Å². The Morgan fingerprint density at radius 3 is 2.24 bits per heavy atom. The molecule has 0 heterocycles. The third kappa shape index (κ3) is 7.55. The Balaban J connectivity index is 2.43. The van der Waals surface area contributed by atoms with E-state index in [1.807, 2.05) is 26.8 Å². The highest BCUT2D eigenvalue weighted by atomic mass is 32.2. The minimum atomic E-state index is -3.78. The molecule has 0 aliphatic heterocycles. The van der Waals surface area contributed by atoms with Crippen molar-refractivity contribution in [1.82, 2.24) is 10.2 Å². The second-order valence-electron chi connectivity index (χ2n) is 8.50. The lowest BCUT2D eigenvalue weighted by atomic mass is 10.1. The first kappa shape index (κ1) is 27.3. The molecule has 0 saturated carbocycles. The molecule has 0 aliphatic rings. The van der Waals surface area contributed by atoms with E-state index in [1.54, 1.807) is 37.3 Å². The SMILES string of the molecule is CC[C@H](C(=O)N[C@@H](C)CC)N(Cc1ccc(F)cc1)C(=O)CN(c1cccc(C)c1)S(C)(=O)=O. The van der Waals surface area contributed by atoms with E-state index in [0.717, 1.165) is 22.5 Å². The zero-order valence-corrected chi connectivity index (χ0v) is 21.2. The van der Waals surface area contributed by atoms with Crippen molar-refractivity contribution < 1.29 is 22.4 Å². The molecule has 0 saturated heterocycles. The van der Waals surface area contributed by atoms with Crippen LogP contribution in [0.1, 0.15) is 44.7 Å². The molecule has 0 fully saturated rings. The highest BCUT2D eigenvalue weighted by Crippen LogP contribution is 2.21. The van der Waals surface area contributed by atoms with Crippen LogP contribution in [0.5, 0.6) is 0 Å². The Bertz CT molecular complexity index is 1090. The van der Waals surface area contributed by atoms with Crippen LogP contribution in [0.3, 0.4) is 0 Å². The summed E-state index contributed by atoms with van der Waals surface area (Å²) in [6.07, 6.45) is 2.10. The number of carbonyl (C=O) groups excluding carboxylic acids is 2. The lowest BCUT2D eigenvalue weighted by Gasteiger charge is -2.33. The number of aryl methyl sites for hydroxylation is 1. The number of halogens is 1. The monoisotopic (exact) mass is 491 g/mol. The van der Waals surface area contributed by atoms with Crippen molar-refractivity contribution in [3.05, 3.63) is 65.5 Å². The molecule has 0 bridgehead atoms. The van der Waals surface area contributed by atoms with Crippen LogP contribution in [0.2, 0.25) is 0 Å². The summed E-state index contributed by atoms with van der Waals surface area (Å²) < 4.78 is 39.6. The molecule has 2 aromatic rings. The van der Waals surface area contributed by atoms with Gasteiger partial charge >= 0.3 is 0 Å². The number of hydrogen-bond acceptors (Lipinski definition) is 4. The summed E-state index contributed by atoms with van der Waals surface area (Å²) in [5.74, 6) is -1.25. The molecule has 9 heteroatoms. The van der Waals surface area contributed by atoms with Gasteiger partial charge in [0.25, 0.3) is 0 Å². The minimum absolute atomic E-state index is 0.0387. The molecule has 2 aromatic carbocycles. The molecule has 0 aromatic heterocycles. The largest absolute Gasteiger partial charge is 0.352 e. The molecule has 1 N–H and O–H groups in total. The number of nitrogens with one attached hydrogen (secondary N) is 1. The second-order valence-corrected chi connectivity index (χ2v) is 10.4. The number of benzene rings is 2. The van der Waals surface area contributed by atoms with Gasteiger partial charge < -0.3 is 10.2 Å². The summed E-state index contributed by atoms with van der Waals surface area (Å²) in [5, 5.41) is 2.91. The van der Waals surface area contributed by atoms with Crippen molar-refractivity contribution in [2.45, 2.75) is 59.2 Å². The van der Waals surface area contributed by atoms with Crippen molar-refractivity contribution in [3.8, 4) is 0 Å². The topological polar surface area (TPSA) is 86.8 Å². The molecule has 0 spiro atoms. The van der Waals surface area contributed by atoms with Crippen LogP contribution in [0.4, 0.5) is 10.1 Å². The van der Waals surface area contributed by atoms with Gasteiger partial charge in [-0.3, -0.25) is 13.9 Å². The molecule has 2 amide bonds. The van der Waals surface area contributed by atoms with Gasteiger partial charge in [0.2, 0.25) is 21.8 Å². The third-order valence-corrected chi connectivity index (χ3v) is 6.76. The van der Waals surface area contributed by atoms with E-state index < -0.39 is 34.3 Å². The molecule has 2 rings (SSSR count). The Morgan fingerprint density at radius 2 is 1.71 bits per heavy atom. The van der Waals surface area contributed by atoms with Crippen molar-refractivity contribution in [2.24, 2.45) is 0 Å². The van der Waals surface area contributed by atoms with Gasteiger partial charge in [0.1, 0.15) is 18.4 Å². The summed E-state index contributed by atoms with van der Waals surface area (Å²) >= 11 is 0. The maximum absolute atomic E-state index is 13.6. The predicted molar refractivity (Wildman–Crippen MR) is 132 cm³/mol. The number of amides is 2. The number of carbonyl (C=O) groups is 2. The number of nitrogens with zero attached hydrogens (tertiary/aromatic N) is 2. The zero-order chi connectivity index (χ0) is 25.5. The molecule has 186 valence electrons. The lowest BCUT2D eigenvalue weighted by molar-refractivity contribution is -0.140. The summed E-state index contributed by atoms with van der Waals surface area (Å²) in [7, 11) is -3.78. The normalized spacial score (nSPS) is 13.1. The van der Waals surface area contributed by atoms with Gasteiger partial charge in [0.05, 0.1) is 11.9 Å². The van der Waals surface area contributed by atoms with E-state index in [0.29, 0.717) is 17.7 Å². The minimum Gasteiger partial charge on any atom is -0.352 e. The first-order valence-electron chi connectivity index (χ1n) is 11.3. The van der Waals surface area contributed by atoms with Gasteiger partial charge in [0, 0.05) is 12.6 Å². The average molecular weight is 492 g/mol. The molecule has 0 unspecified atom stereocenters. The first-order valence-corrected chi connectivity index (χ1v) is 13.2. The van der Waals surface area contributed by atoms with Crippen LogP contribution in [0.15, 0.2) is 48.5 Å². The molecule has 0 radical (unpaired) electrons. The van der Waals surface area contributed by atoms with Gasteiger partial charge in [-0.25, -0.2) is 12.8 Å². The van der Waals surface area contributed by atoms with Crippen LogP contribution in [0, 0.1) is 12.7 Å². The maximum atomic E-state index is 13.6. The fourth-order valence-electron chi connectivity index (χ4n) is 3.54. The number of hydrogen-bond donors (Lipinski definition) is 1. The van der Waals surface area contributed by atoms with Gasteiger partial charge in [-0.1, -0.05) is 38.1 Å². The van der Waals surface area contributed by atoms with E-state index in [2.05, 4.69) is 5.32 Å². The third-order valence-electron chi connectivity index (χ3n) is 5.62. The van der Waals surface area contributed by atoms with E-state index >= 15 is 0 Å². The summed E-state index contributed by atoms with van der Waals surface area (Å²) in [5.41, 5.74) is 1.85. The standard InChI is InChI=1S/C25H34FN3O4S/c1-6-19(4)27-25(31)23(7-2)28(16-20-11-13-21(26)14-12-20)24(30)17-29(34(5,32)33)22-10-8-9-18(3)15-22/h8-15,19,23H,6-7,16-17H2,1-5H3,(H,27,31)/t19-,23+/m0/s1. The number of anilines is 1. The lowest BCUT2D eigenvalue weighted by Crippen LogP contribution is -2.53. The van der Waals surface area contributed by atoms with Crippen LogP contribution < -0.4 is 9.62 Å². The van der Waals surface area contributed by atoms with Crippen LogP contribution >= 0.6 is 0 Å². The number of sulfonamides is 1. The predicted octanol–water partition coefficient (Wildman–Crippen LogP) is 3.62. The Hall–Kier alpha value is -2.94. The van der Waals surface area contributed by atoms with Crippen LogP contribution in [-0.4, -0.2) is 50.0 Å². The fraction of sp³-hybridized carbons (Fsp3) is 0.440. The summed E-state index contributed by atoms with van der Waals surface area (Å²) in [6, 6.07) is 11.6. The van der Waals surface area contributed by atoms with E-state index in [1.165, 1.54) is 17.0 Å². The molecule has 34 heavy (non-hydrogen) atoms. The Morgan fingerprint density at radius 1 is 1.06 bits per heavy atom. The maximum Gasteiger partial charge on any atom is 0.244 e. The summed E-state index contributed by atoms with van der Waals surface area (Å²) in [4.78, 5) is 28.0. The van der Waals surface area contributed by atoms with E-state index in [9.17, 15) is 22.4 Å². The van der Waals surface area contributed by atoms with Gasteiger partial charge in [-0.2, -0.15) is 0 Å².